The fraction of sp³-hybridized carbons (Fsp3) is 0.818. The highest BCUT2D eigenvalue weighted by molar-refractivity contribution is 4.98. The molecule has 0 rings (SSSR count). The lowest BCUT2D eigenvalue weighted by Gasteiger charge is -2.18. The van der Waals surface area contributed by atoms with Crippen LogP contribution < -0.4 is 0 Å². The SMILES string of the molecule is CCN(CC)CC=CC(C)(O)CC. The Balaban J connectivity index is 3.85. The van der Waals surface area contributed by atoms with Gasteiger partial charge in [-0.2, -0.15) is 0 Å². The summed E-state index contributed by atoms with van der Waals surface area (Å²) in [4.78, 5) is 2.31. The van der Waals surface area contributed by atoms with Crippen molar-refractivity contribution < 1.29 is 5.11 Å². The average molecular weight is 185 g/mol. The predicted octanol–water partition coefficient (Wildman–Crippen LogP) is 2.05. The maximum Gasteiger partial charge on any atom is 0.0797 e. The average Bonchev–Trinajstić information content (AvgIpc) is 2.12. The summed E-state index contributed by atoms with van der Waals surface area (Å²) < 4.78 is 0. The minimum Gasteiger partial charge on any atom is -0.386 e. The van der Waals surface area contributed by atoms with Gasteiger partial charge in [0, 0.05) is 6.54 Å². The van der Waals surface area contributed by atoms with E-state index in [-0.39, 0.29) is 0 Å². The van der Waals surface area contributed by atoms with Crippen molar-refractivity contribution in [1.82, 2.24) is 4.90 Å². The van der Waals surface area contributed by atoms with Gasteiger partial charge >= 0.3 is 0 Å². The first-order valence-electron chi connectivity index (χ1n) is 5.18. The molecule has 78 valence electrons. The van der Waals surface area contributed by atoms with Gasteiger partial charge in [-0.15, -0.1) is 0 Å². The number of aliphatic hydroxyl groups is 1. The van der Waals surface area contributed by atoms with Gasteiger partial charge in [0.25, 0.3) is 0 Å². The van der Waals surface area contributed by atoms with Crippen LogP contribution >= 0.6 is 0 Å². The van der Waals surface area contributed by atoms with E-state index in [1.807, 2.05) is 19.9 Å². The molecule has 0 heterocycles. The van der Waals surface area contributed by atoms with E-state index in [1.165, 1.54) is 0 Å². The summed E-state index contributed by atoms with van der Waals surface area (Å²) in [5.41, 5.74) is -0.632. The Labute approximate surface area is 82.3 Å². The van der Waals surface area contributed by atoms with Crippen LogP contribution in [0.5, 0.6) is 0 Å². The standard InChI is InChI=1S/C11H23NO/c1-5-11(4,13)9-8-10-12(6-2)7-3/h8-9,13H,5-7,10H2,1-4H3. The number of hydrogen-bond acceptors (Lipinski definition) is 2. The quantitative estimate of drug-likeness (QED) is 0.640. The summed E-state index contributed by atoms with van der Waals surface area (Å²) in [6, 6.07) is 0. The molecule has 2 nitrogen and oxygen atoms in total. The minimum absolute atomic E-state index is 0.632. The second-order valence-corrected chi connectivity index (χ2v) is 3.60. The third-order valence-corrected chi connectivity index (χ3v) is 2.45. The van der Waals surface area contributed by atoms with Crippen LogP contribution in [0, 0.1) is 0 Å². The zero-order valence-corrected chi connectivity index (χ0v) is 9.38. The first-order chi connectivity index (χ1) is 6.05. The molecule has 0 saturated heterocycles. The van der Waals surface area contributed by atoms with Crippen LogP contribution in [0.1, 0.15) is 34.1 Å². The molecule has 2 heteroatoms. The molecule has 0 aromatic rings. The molecular weight excluding hydrogens is 162 g/mol. The van der Waals surface area contributed by atoms with Gasteiger partial charge in [-0.3, -0.25) is 0 Å². The minimum atomic E-state index is -0.632. The molecule has 0 bridgehead atoms. The Morgan fingerprint density at radius 1 is 1.23 bits per heavy atom. The van der Waals surface area contributed by atoms with Crippen molar-refractivity contribution in [3.63, 3.8) is 0 Å². The Bertz CT molecular complexity index is 148. The van der Waals surface area contributed by atoms with Gasteiger partial charge in [0.2, 0.25) is 0 Å². The molecule has 0 aliphatic heterocycles. The number of rotatable bonds is 6. The molecular formula is C11H23NO. The predicted molar refractivity (Wildman–Crippen MR) is 57.8 cm³/mol. The maximum absolute atomic E-state index is 9.68. The molecule has 0 aliphatic carbocycles. The second-order valence-electron chi connectivity index (χ2n) is 3.60. The molecule has 0 radical (unpaired) electrons. The van der Waals surface area contributed by atoms with E-state index in [2.05, 4.69) is 24.8 Å². The van der Waals surface area contributed by atoms with E-state index in [4.69, 9.17) is 0 Å². The highest BCUT2D eigenvalue weighted by atomic mass is 16.3. The van der Waals surface area contributed by atoms with Gasteiger partial charge in [-0.25, -0.2) is 0 Å². The van der Waals surface area contributed by atoms with Crippen LogP contribution in [0.3, 0.4) is 0 Å². The molecule has 0 fully saturated rings. The second kappa shape index (κ2) is 6.17. The van der Waals surface area contributed by atoms with E-state index in [0.29, 0.717) is 0 Å². The van der Waals surface area contributed by atoms with Crippen molar-refractivity contribution in [1.29, 1.82) is 0 Å². The number of likely N-dealkylation sites (N-methyl/N-ethyl adjacent to an activating group) is 1. The first kappa shape index (κ1) is 12.7. The largest absolute Gasteiger partial charge is 0.386 e. The molecule has 0 aliphatic rings. The molecule has 13 heavy (non-hydrogen) atoms. The monoisotopic (exact) mass is 185 g/mol. The summed E-state index contributed by atoms with van der Waals surface area (Å²) in [5.74, 6) is 0. The summed E-state index contributed by atoms with van der Waals surface area (Å²) >= 11 is 0. The molecule has 0 amide bonds. The van der Waals surface area contributed by atoms with E-state index in [0.717, 1.165) is 26.1 Å². The summed E-state index contributed by atoms with van der Waals surface area (Å²) in [5, 5.41) is 9.68. The molecule has 0 saturated carbocycles. The van der Waals surface area contributed by atoms with Gasteiger partial charge in [0.1, 0.15) is 0 Å². The van der Waals surface area contributed by atoms with E-state index in [9.17, 15) is 5.11 Å². The van der Waals surface area contributed by atoms with Crippen molar-refractivity contribution in [2.75, 3.05) is 19.6 Å². The van der Waals surface area contributed by atoms with Crippen LogP contribution in [0.4, 0.5) is 0 Å². The zero-order chi connectivity index (χ0) is 10.3. The van der Waals surface area contributed by atoms with Crippen molar-refractivity contribution in [2.24, 2.45) is 0 Å². The summed E-state index contributed by atoms with van der Waals surface area (Å²) in [7, 11) is 0. The summed E-state index contributed by atoms with van der Waals surface area (Å²) in [6.45, 7) is 11.2. The van der Waals surface area contributed by atoms with Crippen LogP contribution in [-0.4, -0.2) is 35.2 Å². The lowest BCUT2D eigenvalue weighted by Crippen LogP contribution is -2.24. The van der Waals surface area contributed by atoms with Crippen LogP contribution in [0.15, 0.2) is 12.2 Å². The lowest BCUT2D eigenvalue weighted by molar-refractivity contribution is 0.107. The van der Waals surface area contributed by atoms with Crippen molar-refractivity contribution in [3.8, 4) is 0 Å². The Morgan fingerprint density at radius 2 is 1.77 bits per heavy atom. The molecule has 0 spiro atoms. The fourth-order valence-electron chi connectivity index (χ4n) is 1.06. The number of hydrogen-bond donors (Lipinski definition) is 1. The summed E-state index contributed by atoms with van der Waals surface area (Å²) in [6.07, 6.45) is 4.71. The van der Waals surface area contributed by atoms with E-state index in [1.54, 1.807) is 0 Å². The van der Waals surface area contributed by atoms with Gasteiger partial charge < -0.3 is 10.0 Å². The maximum atomic E-state index is 9.68. The van der Waals surface area contributed by atoms with Gasteiger partial charge in [0.15, 0.2) is 0 Å². The first-order valence-corrected chi connectivity index (χ1v) is 5.18. The molecule has 0 aromatic carbocycles. The molecule has 1 N–H and O–H groups in total. The third kappa shape index (κ3) is 5.83. The smallest absolute Gasteiger partial charge is 0.0797 e. The highest BCUT2D eigenvalue weighted by Gasteiger charge is 2.11. The fourth-order valence-corrected chi connectivity index (χ4v) is 1.06. The lowest BCUT2D eigenvalue weighted by atomic mass is 10.0. The van der Waals surface area contributed by atoms with Crippen LogP contribution in [0.25, 0.3) is 0 Å². The Morgan fingerprint density at radius 3 is 2.15 bits per heavy atom. The molecule has 1 atom stereocenters. The molecule has 0 aromatic heterocycles. The zero-order valence-electron chi connectivity index (χ0n) is 9.38. The van der Waals surface area contributed by atoms with Crippen molar-refractivity contribution in [3.05, 3.63) is 12.2 Å². The van der Waals surface area contributed by atoms with Crippen molar-refractivity contribution in [2.45, 2.75) is 39.7 Å². The van der Waals surface area contributed by atoms with Crippen LogP contribution in [-0.2, 0) is 0 Å². The topological polar surface area (TPSA) is 23.5 Å². The third-order valence-electron chi connectivity index (χ3n) is 2.45. The normalized spacial score (nSPS) is 16.8. The van der Waals surface area contributed by atoms with Crippen molar-refractivity contribution >= 4 is 0 Å². The van der Waals surface area contributed by atoms with E-state index >= 15 is 0 Å². The highest BCUT2D eigenvalue weighted by Crippen LogP contribution is 2.09. The van der Waals surface area contributed by atoms with Crippen LogP contribution in [0.2, 0.25) is 0 Å². The Kier molecular flexibility index (Phi) is 6.00. The van der Waals surface area contributed by atoms with Gasteiger partial charge in [-0.1, -0.05) is 32.9 Å². The Hall–Kier alpha value is -0.340. The van der Waals surface area contributed by atoms with Gasteiger partial charge in [0.05, 0.1) is 5.60 Å². The van der Waals surface area contributed by atoms with E-state index < -0.39 is 5.60 Å². The molecule has 1 unspecified atom stereocenters. The van der Waals surface area contributed by atoms with Gasteiger partial charge in [-0.05, 0) is 26.4 Å². The number of nitrogens with zero attached hydrogens (tertiary/aromatic N) is 1.